The number of halogens is 4. The van der Waals surface area contributed by atoms with Gasteiger partial charge in [0, 0.05) is 11.0 Å². The first-order valence-electron chi connectivity index (χ1n) is 7.58. The number of hydrogen-bond donors (Lipinski definition) is 2. The van der Waals surface area contributed by atoms with Crippen LogP contribution in [-0.2, 0) is 6.18 Å². The average Bonchev–Trinajstić information content (AvgIpc) is 3.11. The van der Waals surface area contributed by atoms with Gasteiger partial charge in [0.05, 0.1) is 22.5 Å². The van der Waals surface area contributed by atoms with E-state index in [0.717, 1.165) is 28.6 Å². The number of anilines is 1. The van der Waals surface area contributed by atoms with Gasteiger partial charge < -0.3 is 5.11 Å². The summed E-state index contributed by atoms with van der Waals surface area (Å²) in [5.74, 6) is -0.700. The summed E-state index contributed by atoms with van der Waals surface area (Å²) in [6, 6.07) is 7.20. The number of nitrogens with zero attached hydrogens (tertiary/aromatic N) is 3. The van der Waals surface area contributed by atoms with Crippen molar-refractivity contribution in [3.63, 3.8) is 0 Å². The lowest BCUT2D eigenvalue weighted by molar-refractivity contribution is -0.137. The van der Waals surface area contributed by atoms with E-state index >= 15 is 0 Å². The van der Waals surface area contributed by atoms with Crippen molar-refractivity contribution in [3.8, 4) is 0 Å². The highest BCUT2D eigenvalue weighted by molar-refractivity contribution is 8.32. The number of carboxylic acid groups (broad SMARTS) is 1. The molecule has 1 heterocycles. The Morgan fingerprint density at radius 2 is 1.93 bits per heavy atom. The first-order valence-corrected chi connectivity index (χ1v) is 9.02. The normalized spacial score (nSPS) is 17.3. The Hall–Kier alpha value is -3.21. The molecule has 1 aliphatic heterocycles. The quantitative estimate of drug-likeness (QED) is 0.384. The molecule has 1 atom stereocenters. The number of hydrogen-bond acceptors (Lipinski definition) is 4. The molecule has 1 unspecified atom stereocenters. The van der Waals surface area contributed by atoms with E-state index in [2.05, 4.69) is 10.2 Å². The van der Waals surface area contributed by atoms with Gasteiger partial charge in [-0.15, -0.1) is 16.0 Å². The van der Waals surface area contributed by atoms with Gasteiger partial charge in [-0.3, -0.25) is 0 Å². The van der Waals surface area contributed by atoms with E-state index in [-0.39, 0.29) is 22.6 Å². The lowest BCUT2D eigenvalue weighted by atomic mass is 10.1. The fourth-order valence-corrected chi connectivity index (χ4v) is 4.06. The molecule has 1 N–H and O–H groups in total. The molecule has 0 aromatic heterocycles. The first kappa shape index (κ1) is 19.5. The van der Waals surface area contributed by atoms with Crippen LogP contribution in [0.3, 0.4) is 0 Å². The number of benzene rings is 2. The van der Waals surface area contributed by atoms with Crippen LogP contribution < -0.4 is 4.31 Å². The lowest BCUT2D eigenvalue weighted by Gasteiger charge is -2.26. The van der Waals surface area contributed by atoms with Gasteiger partial charge in [-0.25, -0.2) is 18.5 Å². The Morgan fingerprint density at radius 3 is 2.57 bits per heavy atom. The summed E-state index contributed by atoms with van der Waals surface area (Å²) >= 11 is -1.82. The fourth-order valence-electron chi connectivity index (χ4n) is 2.48. The van der Waals surface area contributed by atoms with Gasteiger partial charge in [-0.1, -0.05) is 6.07 Å². The monoisotopic (exact) mass is 413 g/mol. The zero-order chi connectivity index (χ0) is 20.5. The van der Waals surface area contributed by atoms with Gasteiger partial charge in [0.2, 0.25) is 0 Å². The number of amides is 1. The van der Waals surface area contributed by atoms with E-state index in [1.807, 2.05) is 0 Å². The second kappa shape index (κ2) is 7.43. The Labute approximate surface area is 158 Å². The molecule has 0 saturated carbocycles. The minimum atomic E-state index is -4.64. The van der Waals surface area contributed by atoms with Crippen molar-refractivity contribution in [2.75, 3.05) is 4.31 Å². The van der Waals surface area contributed by atoms with Crippen LogP contribution in [0.1, 0.15) is 11.1 Å². The second-order valence-corrected chi connectivity index (χ2v) is 7.19. The van der Waals surface area contributed by atoms with Crippen LogP contribution in [0, 0.1) is 10.7 Å². The van der Waals surface area contributed by atoms with Crippen LogP contribution in [0.5, 0.6) is 0 Å². The van der Waals surface area contributed by atoms with E-state index in [0.29, 0.717) is 6.07 Å². The summed E-state index contributed by atoms with van der Waals surface area (Å²) in [6.07, 6.45) is -6.12. The molecule has 0 bridgehead atoms. The number of aliphatic imine (C=N–C) groups is 1. The van der Waals surface area contributed by atoms with E-state index < -0.39 is 34.7 Å². The van der Waals surface area contributed by atoms with E-state index in [4.69, 9.17) is 0 Å². The van der Waals surface area contributed by atoms with Crippen molar-refractivity contribution in [3.05, 3.63) is 69.7 Å². The summed E-state index contributed by atoms with van der Waals surface area (Å²) in [7, 11) is 0. The Kier molecular flexibility index (Phi) is 5.18. The van der Waals surface area contributed by atoms with Crippen LogP contribution >= 0.6 is 11.1 Å². The molecule has 146 valence electrons. The number of carbonyl (C=O) groups is 1. The average molecular weight is 413 g/mol. The van der Waals surface area contributed by atoms with Crippen molar-refractivity contribution in [2.45, 2.75) is 6.18 Å². The molecule has 0 saturated heterocycles. The molecule has 11 heteroatoms. The van der Waals surface area contributed by atoms with Crippen LogP contribution in [-0.4, -0.2) is 16.7 Å². The van der Waals surface area contributed by atoms with Crippen molar-refractivity contribution in [1.82, 2.24) is 0 Å². The maximum atomic E-state index is 14.0. The molecule has 1 amide bonds. The van der Waals surface area contributed by atoms with Crippen LogP contribution in [0.4, 0.5) is 33.7 Å². The van der Waals surface area contributed by atoms with Gasteiger partial charge in [0.1, 0.15) is 11.5 Å². The van der Waals surface area contributed by atoms with E-state index in [9.17, 15) is 32.4 Å². The van der Waals surface area contributed by atoms with Crippen LogP contribution in [0.15, 0.2) is 58.0 Å². The van der Waals surface area contributed by atoms with Crippen LogP contribution in [0.25, 0.3) is 5.70 Å². The SMILES string of the molecule is O=Nc1ccc(F)c(C2=C[SH](N(C(=O)O)c3cccc(C(F)(F)F)c3)C=N2)c1. The van der Waals surface area contributed by atoms with Crippen molar-refractivity contribution < 1.29 is 27.5 Å². The van der Waals surface area contributed by atoms with E-state index in [1.165, 1.54) is 23.1 Å². The summed E-state index contributed by atoms with van der Waals surface area (Å²) < 4.78 is 53.6. The number of alkyl halides is 3. The number of rotatable bonds is 4. The highest BCUT2D eigenvalue weighted by atomic mass is 32.2. The maximum absolute atomic E-state index is 14.0. The zero-order valence-electron chi connectivity index (χ0n) is 13.8. The molecule has 2 aromatic rings. The van der Waals surface area contributed by atoms with Gasteiger partial charge in [-0.05, 0) is 41.6 Å². The lowest BCUT2D eigenvalue weighted by Crippen LogP contribution is -2.25. The standard InChI is InChI=1S/C17H11F4N3O3S/c18-14-5-4-11(23-27)7-13(14)15-8-28(9-22-15)24(16(25)26)12-3-1-2-10(6-12)17(19,20)21/h1-9,28H,(H,25,26). The number of nitroso groups, excluding NO2 is 1. The molecule has 0 spiro atoms. The predicted octanol–water partition coefficient (Wildman–Crippen LogP) is 5.68. The third-order valence-corrected chi connectivity index (χ3v) is 5.46. The van der Waals surface area contributed by atoms with E-state index in [1.54, 1.807) is 0 Å². The highest BCUT2D eigenvalue weighted by Gasteiger charge is 2.32. The minimum Gasteiger partial charge on any atom is -0.464 e. The van der Waals surface area contributed by atoms with Crippen LogP contribution in [0.2, 0.25) is 0 Å². The fraction of sp³-hybridized carbons (Fsp3) is 0.0588. The van der Waals surface area contributed by atoms with Crippen molar-refractivity contribution in [2.24, 2.45) is 10.2 Å². The molecule has 0 radical (unpaired) electrons. The first-order chi connectivity index (χ1) is 13.2. The molecule has 0 aliphatic carbocycles. The number of thiol groups is 1. The largest absolute Gasteiger partial charge is 0.464 e. The summed E-state index contributed by atoms with van der Waals surface area (Å²) in [5.41, 5.74) is -0.0141. The highest BCUT2D eigenvalue weighted by Crippen LogP contribution is 2.44. The zero-order valence-corrected chi connectivity index (χ0v) is 14.7. The smallest absolute Gasteiger partial charge is 0.421 e. The molecular weight excluding hydrogens is 402 g/mol. The Balaban J connectivity index is 1.99. The summed E-state index contributed by atoms with van der Waals surface area (Å²) in [5, 5.41) is 13.5. The molecule has 6 nitrogen and oxygen atoms in total. The van der Waals surface area contributed by atoms with Gasteiger partial charge >= 0.3 is 12.3 Å². The molecule has 3 rings (SSSR count). The third-order valence-electron chi connectivity index (χ3n) is 3.73. The second-order valence-electron chi connectivity index (χ2n) is 5.54. The maximum Gasteiger partial charge on any atom is 0.421 e. The summed E-state index contributed by atoms with van der Waals surface area (Å²) in [6.45, 7) is 0. The summed E-state index contributed by atoms with van der Waals surface area (Å²) in [4.78, 5) is 26.3. The third kappa shape index (κ3) is 3.88. The Bertz CT molecular complexity index is 1010. The topological polar surface area (TPSA) is 82.3 Å². The van der Waals surface area contributed by atoms with Gasteiger partial charge in [-0.2, -0.15) is 13.2 Å². The predicted molar refractivity (Wildman–Crippen MR) is 99.3 cm³/mol. The Morgan fingerprint density at radius 1 is 1.18 bits per heavy atom. The van der Waals surface area contributed by atoms with Crippen molar-refractivity contribution in [1.29, 1.82) is 0 Å². The molecule has 1 aliphatic rings. The van der Waals surface area contributed by atoms with Gasteiger partial charge in [0.15, 0.2) is 0 Å². The molecule has 28 heavy (non-hydrogen) atoms. The molecule has 0 fully saturated rings. The molecule has 2 aromatic carbocycles. The van der Waals surface area contributed by atoms with Gasteiger partial charge in [0.25, 0.3) is 0 Å². The molecular formula is C17H11F4N3O3S. The van der Waals surface area contributed by atoms with Crippen molar-refractivity contribution >= 4 is 39.8 Å². The minimum absolute atomic E-state index is 0.0447.